The van der Waals surface area contributed by atoms with Crippen LogP contribution in [0.4, 0.5) is 4.39 Å². The molecule has 0 amide bonds. The third-order valence-electron chi connectivity index (χ3n) is 7.34. The second-order valence-electron chi connectivity index (χ2n) is 10.0. The van der Waals surface area contributed by atoms with Crippen molar-refractivity contribution in [2.45, 2.75) is 76.1 Å². The highest BCUT2D eigenvalue weighted by Crippen LogP contribution is 2.46. The Morgan fingerprint density at radius 2 is 1.97 bits per heavy atom. The first-order chi connectivity index (χ1) is 17.2. The number of nitrogens with zero attached hydrogens (tertiary/aromatic N) is 1. The van der Waals surface area contributed by atoms with Gasteiger partial charge in [-0.1, -0.05) is 41.0 Å². The Bertz CT molecular complexity index is 1260. The number of rotatable bonds is 8. The summed E-state index contributed by atoms with van der Waals surface area (Å²) in [5, 5.41) is 25.1. The number of carboxylic acids is 1. The molecule has 0 saturated heterocycles. The lowest BCUT2D eigenvalue weighted by atomic mass is 9.78. The topological polar surface area (TPSA) is 92.8 Å². The Hall–Kier alpha value is -2.74. The first-order valence-corrected chi connectivity index (χ1v) is 12.7. The molecule has 2 saturated carbocycles. The molecular formula is C28H29ClFNO5. The van der Waals surface area contributed by atoms with Crippen molar-refractivity contribution < 1.29 is 28.7 Å². The Kier molecular flexibility index (Phi) is 6.90. The van der Waals surface area contributed by atoms with Crippen LogP contribution in [0.3, 0.4) is 0 Å². The Morgan fingerprint density at radius 3 is 2.61 bits per heavy atom. The maximum Gasteiger partial charge on any atom is 0.307 e. The number of ether oxygens (including phenoxy) is 1. The number of hydrogen-bond acceptors (Lipinski definition) is 5. The lowest BCUT2D eigenvalue weighted by Crippen LogP contribution is -2.35. The number of aliphatic hydroxyl groups is 1. The Morgan fingerprint density at radius 1 is 1.22 bits per heavy atom. The maximum absolute atomic E-state index is 14.7. The fourth-order valence-electron chi connectivity index (χ4n) is 5.18. The van der Waals surface area contributed by atoms with E-state index in [4.69, 9.17) is 26.0 Å². The molecule has 0 bridgehead atoms. The van der Waals surface area contributed by atoms with Crippen LogP contribution in [0.5, 0.6) is 0 Å². The van der Waals surface area contributed by atoms with E-state index in [2.05, 4.69) is 5.16 Å². The second kappa shape index (κ2) is 9.96. The zero-order valence-electron chi connectivity index (χ0n) is 20.1. The van der Waals surface area contributed by atoms with Crippen LogP contribution in [0.25, 0.3) is 11.3 Å². The lowest BCUT2D eigenvalue weighted by molar-refractivity contribution is -0.136. The van der Waals surface area contributed by atoms with Gasteiger partial charge in [0.15, 0.2) is 0 Å². The van der Waals surface area contributed by atoms with Crippen LogP contribution >= 0.6 is 11.6 Å². The molecule has 0 unspecified atom stereocenters. The predicted octanol–water partition coefficient (Wildman–Crippen LogP) is 6.29. The number of aromatic nitrogens is 1. The van der Waals surface area contributed by atoms with Gasteiger partial charge in [-0.25, -0.2) is 4.39 Å². The van der Waals surface area contributed by atoms with Crippen molar-refractivity contribution in [3.05, 3.63) is 75.3 Å². The smallest absolute Gasteiger partial charge is 0.307 e. The van der Waals surface area contributed by atoms with Crippen molar-refractivity contribution in [3.63, 3.8) is 0 Å². The molecule has 2 aliphatic rings. The standard InChI is InChI=1S/C28H29ClFNO5/c1-16-3-2-4-22(29)25(16)26-20(27(36-31-26)18-6-7-18)15-35-19-9-11-28(34,12-10-19)21-8-5-17(13-23(21)30)14-24(32)33/h2-5,8,13,18-19,34H,6-7,9-12,14-15H2,1H3,(H,32,33)/t19-,28+. The summed E-state index contributed by atoms with van der Waals surface area (Å²) < 4.78 is 26.8. The molecule has 0 radical (unpaired) electrons. The molecular weight excluding hydrogens is 485 g/mol. The van der Waals surface area contributed by atoms with Gasteiger partial charge in [0.05, 0.1) is 29.8 Å². The highest BCUT2D eigenvalue weighted by Gasteiger charge is 2.38. The van der Waals surface area contributed by atoms with Gasteiger partial charge >= 0.3 is 5.97 Å². The summed E-state index contributed by atoms with van der Waals surface area (Å²) in [6.07, 6.45) is 3.61. The summed E-state index contributed by atoms with van der Waals surface area (Å²) >= 11 is 6.52. The molecule has 0 atom stereocenters. The number of aryl methyl sites for hydroxylation is 1. The zero-order chi connectivity index (χ0) is 25.4. The minimum absolute atomic E-state index is 0.0956. The SMILES string of the molecule is Cc1cccc(Cl)c1-c1noc(C2CC2)c1CO[C@H]1CC[C@](O)(c2ccc(CC(=O)O)cc2F)CC1. The molecule has 2 aromatic carbocycles. The van der Waals surface area contributed by atoms with Gasteiger partial charge in [0, 0.05) is 22.6 Å². The van der Waals surface area contributed by atoms with Crippen LogP contribution in [-0.4, -0.2) is 27.4 Å². The molecule has 2 N–H and O–H groups in total. The van der Waals surface area contributed by atoms with Gasteiger partial charge in [0.2, 0.25) is 0 Å². The maximum atomic E-state index is 14.7. The lowest BCUT2D eigenvalue weighted by Gasteiger charge is -2.36. The molecule has 36 heavy (non-hydrogen) atoms. The largest absolute Gasteiger partial charge is 0.481 e. The minimum atomic E-state index is -1.30. The molecule has 0 spiro atoms. The highest BCUT2D eigenvalue weighted by atomic mass is 35.5. The quantitative estimate of drug-likeness (QED) is 0.367. The van der Waals surface area contributed by atoms with Gasteiger partial charge in [-0.2, -0.15) is 0 Å². The van der Waals surface area contributed by atoms with E-state index < -0.39 is 17.4 Å². The van der Waals surface area contributed by atoms with Gasteiger partial charge < -0.3 is 19.5 Å². The monoisotopic (exact) mass is 513 g/mol. The molecule has 0 aliphatic heterocycles. The molecule has 6 nitrogen and oxygen atoms in total. The van der Waals surface area contributed by atoms with Crippen molar-refractivity contribution >= 4 is 17.6 Å². The summed E-state index contributed by atoms with van der Waals surface area (Å²) in [6.45, 7) is 2.32. The number of carbonyl (C=O) groups is 1. The number of hydrogen-bond donors (Lipinski definition) is 2. The van der Waals surface area contributed by atoms with E-state index in [0.717, 1.165) is 41.0 Å². The summed E-state index contributed by atoms with van der Waals surface area (Å²) in [4.78, 5) is 10.9. The van der Waals surface area contributed by atoms with E-state index in [1.54, 1.807) is 6.07 Å². The van der Waals surface area contributed by atoms with Gasteiger partial charge in [-0.05, 0) is 68.7 Å². The molecule has 2 aliphatic carbocycles. The van der Waals surface area contributed by atoms with Crippen LogP contribution in [-0.2, 0) is 28.2 Å². The van der Waals surface area contributed by atoms with E-state index in [-0.39, 0.29) is 18.1 Å². The molecule has 1 heterocycles. The summed E-state index contributed by atoms with van der Waals surface area (Å²) in [5.74, 6) is -0.380. The van der Waals surface area contributed by atoms with Crippen LogP contribution < -0.4 is 0 Å². The van der Waals surface area contributed by atoms with Gasteiger partial charge in [-0.3, -0.25) is 4.79 Å². The zero-order valence-corrected chi connectivity index (χ0v) is 20.9. The van der Waals surface area contributed by atoms with Crippen LogP contribution in [0.2, 0.25) is 5.02 Å². The van der Waals surface area contributed by atoms with Crippen molar-refractivity contribution in [1.29, 1.82) is 0 Å². The summed E-state index contributed by atoms with van der Waals surface area (Å²) in [7, 11) is 0. The fourth-order valence-corrected chi connectivity index (χ4v) is 5.49. The first-order valence-electron chi connectivity index (χ1n) is 12.3. The van der Waals surface area contributed by atoms with Crippen molar-refractivity contribution in [3.8, 4) is 11.3 Å². The van der Waals surface area contributed by atoms with Gasteiger partial charge in [0.1, 0.15) is 17.3 Å². The Balaban J connectivity index is 1.28. The Labute approximate surface area is 214 Å². The van der Waals surface area contributed by atoms with E-state index in [0.29, 0.717) is 48.8 Å². The average Bonchev–Trinajstić information content (AvgIpc) is 3.59. The van der Waals surface area contributed by atoms with E-state index >= 15 is 0 Å². The molecule has 5 rings (SSSR count). The van der Waals surface area contributed by atoms with Crippen LogP contribution in [0, 0.1) is 12.7 Å². The third-order valence-corrected chi connectivity index (χ3v) is 7.65. The second-order valence-corrected chi connectivity index (χ2v) is 10.4. The van der Waals surface area contributed by atoms with Crippen LogP contribution in [0.1, 0.15) is 72.5 Å². The fraction of sp³-hybridized carbons (Fsp3) is 0.429. The third kappa shape index (κ3) is 5.05. The predicted molar refractivity (Wildman–Crippen MR) is 132 cm³/mol. The van der Waals surface area contributed by atoms with Crippen molar-refractivity contribution in [1.82, 2.24) is 5.16 Å². The van der Waals surface area contributed by atoms with Gasteiger partial charge in [-0.15, -0.1) is 0 Å². The van der Waals surface area contributed by atoms with Crippen LogP contribution in [0.15, 0.2) is 40.9 Å². The highest BCUT2D eigenvalue weighted by molar-refractivity contribution is 6.33. The summed E-state index contributed by atoms with van der Waals surface area (Å²) in [6, 6.07) is 10.0. The van der Waals surface area contributed by atoms with E-state index in [9.17, 15) is 14.3 Å². The molecule has 2 fully saturated rings. The van der Waals surface area contributed by atoms with Crippen molar-refractivity contribution in [2.24, 2.45) is 0 Å². The van der Waals surface area contributed by atoms with E-state index in [1.165, 1.54) is 12.1 Å². The van der Waals surface area contributed by atoms with Gasteiger partial charge in [0.25, 0.3) is 0 Å². The molecule has 1 aromatic heterocycles. The normalized spacial score (nSPS) is 22.1. The summed E-state index contributed by atoms with van der Waals surface area (Å²) in [5.41, 5.74) is 2.79. The average molecular weight is 514 g/mol. The number of carboxylic acid groups (broad SMARTS) is 1. The van der Waals surface area contributed by atoms with E-state index in [1.807, 2.05) is 25.1 Å². The number of halogens is 2. The molecule has 190 valence electrons. The molecule has 8 heteroatoms. The number of aliphatic carboxylic acids is 1. The van der Waals surface area contributed by atoms with Crippen molar-refractivity contribution in [2.75, 3.05) is 0 Å². The number of benzene rings is 2. The minimum Gasteiger partial charge on any atom is -0.481 e. The molecule has 3 aromatic rings. The first kappa shape index (κ1) is 24.9.